The number of rotatable bonds is 7. The molecule has 2 unspecified atom stereocenters. The standard InChI is InChI=1S/C14H25N3O/c1-4-9-15-12(5-2)10(3)14-16-13(17-18-14)11-7-6-8-11/h10-12,15H,4-9H2,1-3H3. The van der Waals surface area contributed by atoms with Crippen LogP contribution >= 0.6 is 0 Å². The second-order valence-electron chi connectivity index (χ2n) is 5.38. The van der Waals surface area contributed by atoms with E-state index in [1.165, 1.54) is 19.3 Å². The van der Waals surface area contributed by atoms with Crippen LogP contribution in [0, 0.1) is 0 Å². The van der Waals surface area contributed by atoms with Crippen LogP contribution in [0.3, 0.4) is 0 Å². The second kappa shape index (κ2) is 6.32. The van der Waals surface area contributed by atoms with E-state index >= 15 is 0 Å². The van der Waals surface area contributed by atoms with Crippen LogP contribution < -0.4 is 5.32 Å². The summed E-state index contributed by atoms with van der Waals surface area (Å²) in [6.45, 7) is 7.61. The number of nitrogens with one attached hydrogen (secondary N) is 1. The maximum atomic E-state index is 5.44. The Bertz CT molecular complexity index is 360. The molecule has 0 radical (unpaired) electrons. The SMILES string of the molecule is CCCNC(CC)C(C)c1nc(C2CCC2)no1. The zero-order valence-corrected chi connectivity index (χ0v) is 11.8. The van der Waals surface area contributed by atoms with E-state index in [1.54, 1.807) is 0 Å². The highest BCUT2D eigenvalue weighted by molar-refractivity contribution is 5.03. The molecular formula is C14H25N3O. The highest BCUT2D eigenvalue weighted by Gasteiger charge is 2.27. The van der Waals surface area contributed by atoms with Crippen LogP contribution in [0.15, 0.2) is 4.52 Å². The third kappa shape index (κ3) is 2.91. The molecule has 18 heavy (non-hydrogen) atoms. The van der Waals surface area contributed by atoms with E-state index in [4.69, 9.17) is 4.52 Å². The Morgan fingerprint density at radius 2 is 2.17 bits per heavy atom. The minimum Gasteiger partial charge on any atom is -0.339 e. The minimum atomic E-state index is 0.294. The van der Waals surface area contributed by atoms with E-state index in [0.717, 1.165) is 31.1 Å². The van der Waals surface area contributed by atoms with Crippen LogP contribution in [0.1, 0.15) is 76.4 Å². The average Bonchev–Trinajstić information content (AvgIpc) is 2.76. The Kier molecular flexibility index (Phi) is 4.75. The fraction of sp³-hybridized carbons (Fsp3) is 0.857. The van der Waals surface area contributed by atoms with Crippen molar-refractivity contribution < 1.29 is 4.52 Å². The van der Waals surface area contributed by atoms with Crippen molar-refractivity contribution in [3.63, 3.8) is 0 Å². The summed E-state index contributed by atoms with van der Waals surface area (Å²) < 4.78 is 5.44. The van der Waals surface area contributed by atoms with Gasteiger partial charge in [0, 0.05) is 12.0 Å². The van der Waals surface area contributed by atoms with Crippen LogP contribution in [0.5, 0.6) is 0 Å². The number of hydrogen-bond acceptors (Lipinski definition) is 4. The predicted octanol–water partition coefficient (Wildman–Crippen LogP) is 3.22. The molecule has 0 bridgehead atoms. The van der Waals surface area contributed by atoms with Gasteiger partial charge in [0.15, 0.2) is 5.82 Å². The topological polar surface area (TPSA) is 51.0 Å². The third-order valence-corrected chi connectivity index (χ3v) is 4.02. The van der Waals surface area contributed by atoms with Gasteiger partial charge in [-0.15, -0.1) is 0 Å². The Morgan fingerprint density at radius 3 is 2.72 bits per heavy atom. The molecule has 0 aliphatic heterocycles. The maximum absolute atomic E-state index is 5.44. The number of hydrogen-bond donors (Lipinski definition) is 1. The van der Waals surface area contributed by atoms with E-state index in [-0.39, 0.29) is 0 Å². The van der Waals surface area contributed by atoms with E-state index in [1.807, 2.05) is 0 Å². The minimum absolute atomic E-state index is 0.294. The molecule has 4 heteroatoms. The Morgan fingerprint density at radius 1 is 1.39 bits per heavy atom. The van der Waals surface area contributed by atoms with Crippen molar-refractivity contribution in [1.29, 1.82) is 0 Å². The highest BCUT2D eigenvalue weighted by Crippen LogP contribution is 2.35. The molecule has 2 atom stereocenters. The van der Waals surface area contributed by atoms with Gasteiger partial charge in [-0.1, -0.05) is 32.3 Å². The lowest BCUT2D eigenvalue weighted by Gasteiger charge is -2.22. The average molecular weight is 251 g/mol. The summed E-state index contributed by atoms with van der Waals surface area (Å²) in [5.74, 6) is 2.57. The number of aromatic nitrogens is 2. The summed E-state index contributed by atoms with van der Waals surface area (Å²) in [5, 5.41) is 7.70. The van der Waals surface area contributed by atoms with Crippen LogP contribution in [0.4, 0.5) is 0 Å². The lowest BCUT2D eigenvalue weighted by atomic mass is 9.85. The number of nitrogens with zero attached hydrogens (tertiary/aromatic N) is 2. The molecule has 1 aromatic rings. The largest absolute Gasteiger partial charge is 0.339 e. The maximum Gasteiger partial charge on any atom is 0.231 e. The summed E-state index contributed by atoms with van der Waals surface area (Å²) >= 11 is 0. The van der Waals surface area contributed by atoms with Gasteiger partial charge in [0.05, 0.1) is 5.92 Å². The molecule has 4 nitrogen and oxygen atoms in total. The first-order valence-electron chi connectivity index (χ1n) is 7.33. The summed E-state index contributed by atoms with van der Waals surface area (Å²) in [4.78, 5) is 4.59. The van der Waals surface area contributed by atoms with E-state index in [0.29, 0.717) is 17.9 Å². The molecule has 1 aromatic heterocycles. The monoisotopic (exact) mass is 251 g/mol. The molecule has 1 saturated carbocycles. The van der Waals surface area contributed by atoms with Crippen molar-refractivity contribution >= 4 is 0 Å². The quantitative estimate of drug-likeness (QED) is 0.808. The molecule has 1 fully saturated rings. The van der Waals surface area contributed by atoms with E-state index < -0.39 is 0 Å². The van der Waals surface area contributed by atoms with Gasteiger partial charge in [0.25, 0.3) is 0 Å². The fourth-order valence-electron chi connectivity index (χ4n) is 2.44. The van der Waals surface area contributed by atoms with Crippen molar-refractivity contribution in [1.82, 2.24) is 15.5 Å². The normalized spacial score (nSPS) is 19.5. The predicted molar refractivity (Wildman–Crippen MR) is 71.7 cm³/mol. The molecular weight excluding hydrogens is 226 g/mol. The molecule has 2 rings (SSSR count). The third-order valence-electron chi connectivity index (χ3n) is 4.02. The zero-order chi connectivity index (χ0) is 13.0. The molecule has 1 aliphatic rings. The van der Waals surface area contributed by atoms with Crippen molar-refractivity contribution in [2.24, 2.45) is 0 Å². The van der Waals surface area contributed by atoms with Gasteiger partial charge in [-0.3, -0.25) is 0 Å². The molecule has 1 N–H and O–H groups in total. The van der Waals surface area contributed by atoms with Crippen molar-refractivity contribution in [3.05, 3.63) is 11.7 Å². The molecule has 0 spiro atoms. The van der Waals surface area contributed by atoms with Crippen LogP contribution in [0.2, 0.25) is 0 Å². The first-order chi connectivity index (χ1) is 8.76. The van der Waals surface area contributed by atoms with Crippen LogP contribution in [-0.2, 0) is 0 Å². The van der Waals surface area contributed by atoms with Gasteiger partial charge >= 0.3 is 0 Å². The summed E-state index contributed by atoms with van der Waals surface area (Å²) in [5.41, 5.74) is 0. The first kappa shape index (κ1) is 13.5. The molecule has 0 amide bonds. The molecule has 1 heterocycles. The van der Waals surface area contributed by atoms with Crippen molar-refractivity contribution in [2.75, 3.05) is 6.54 Å². The first-order valence-corrected chi connectivity index (χ1v) is 7.33. The Labute approximate surface area is 110 Å². The van der Waals surface area contributed by atoms with E-state index in [9.17, 15) is 0 Å². The van der Waals surface area contributed by atoms with Gasteiger partial charge in [-0.25, -0.2) is 0 Å². The van der Waals surface area contributed by atoms with Crippen LogP contribution in [0.25, 0.3) is 0 Å². The fourth-order valence-corrected chi connectivity index (χ4v) is 2.44. The molecule has 1 aliphatic carbocycles. The summed E-state index contributed by atoms with van der Waals surface area (Å²) in [6, 6.07) is 0.430. The lowest BCUT2D eigenvalue weighted by Crippen LogP contribution is -2.33. The lowest BCUT2D eigenvalue weighted by molar-refractivity contribution is 0.311. The van der Waals surface area contributed by atoms with Gasteiger partial charge in [-0.2, -0.15) is 4.98 Å². The zero-order valence-electron chi connectivity index (χ0n) is 11.8. The van der Waals surface area contributed by atoms with Gasteiger partial charge in [0.2, 0.25) is 5.89 Å². The molecule has 102 valence electrons. The molecule has 0 aromatic carbocycles. The van der Waals surface area contributed by atoms with Gasteiger partial charge in [-0.05, 0) is 32.2 Å². The second-order valence-corrected chi connectivity index (χ2v) is 5.38. The van der Waals surface area contributed by atoms with Gasteiger partial charge < -0.3 is 9.84 Å². The summed E-state index contributed by atoms with van der Waals surface area (Å²) in [6.07, 6.45) is 5.99. The van der Waals surface area contributed by atoms with Gasteiger partial charge in [0.1, 0.15) is 0 Å². The molecule has 0 saturated heterocycles. The Balaban J connectivity index is 1.97. The smallest absolute Gasteiger partial charge is 0.231 e. The summed E-state index contributed by atoms with van der Waals surface area (Å²) in [7, 11) is 0. The van der Waals surface area contributed by atoms with Crippen molar-refractivity contribution in [2.45, 2.75) is 70.8 Å². The van der Waals surface area contributed by atoms with Crippen molar-refractivity contribution in [3.8, 4) is 0 Å². The Hall–Kier alpha value is -0.900. The van der Waals surface area contributed by atoms with Crippen LogP contribution in [-0.4, -0.2) is 22.7 Å². The highest BCUT2D eigenvalue weighted by atomic mass is 16.5. The van der Waals surface area contributed by atoms with E-state index in [2.05, 4.69) is 36.2 Å².